The van der Waals surface area contributed by atoms with Gasteiger partial charge in [0.15, 0.2) is 6.23 Å². The van der Waals surface area contributed by atoms with Crippen molar-refractivity contribution >= 4 is 28.8 Å². The number of ketones is 2. The van der Waals surface area contributed by atoms with E-state index in [4.69, 9.17) is 0 Å². The van der Waals surface area contributed by atoms with Gasteiger partial charge in [0.2, 0.25) is 11.6 Å². The highest BCUT2D eigenvalue weighted by molar-refractivity contribution is 6.32. The number of fused-ring (bicyclic) bond motifs is 2. The normalized spacial score (nSPS) is 17.2. The van der Waals surface area contributed by atoms with E-state index in [-0.39, 0.29) is 28.3 Å². The number of carbonyl (C=O) groups excluding carboxylic acids is 3. The molecule has 8 heteroatoms. The lowest BCUT2D eigenvalue weighted by Gasteiger charge is -2.29. The standard InChI is InChI=1S/C28H18N4O4/c33-25-17-9-1-3-13-21(17)31(27(35)19-11-5-7-15-29-19)23(25)24-26(34)18-10-2-4-14-22(18)32(24)28(36)20-12-6-8-16-30-20/h1-16,27,35H/b24-23+. The SMILES string of the molecule is O=C1/C(=C2/C(=O)c3ccccc3N2C(O)c2ccccn2)N(C(=O)c2ccccn2)c2ccccc21. The predicted octanol–water partition coefficient (Wildman–Crippen LogP) is 3.93. The van der Waals surface area contributed by atoms with Crippen molar-refractivity contribution in [3.8, 4) is 0 Å². The van der Waals surface area contributed by atoms with Crippen LogP contribution in [0.15, 0.2) is 109 Å². The smallest absolute Gasteiger partial charge is 0.281 e. The molecule has 0 bridgehead atoms. The molecule has 36 heavy (non-hydrogen) atoms. The summed E-state index contributed by atoms with van der Waals surface area (Å²) in [4.78, 5) is 52.3. The molecule has 0 aliphatic carbocycles. The van der Waals surface area contributed by atoms with Gasteiger partial charge in [-0.1, -0.05) is 36.4 Å². The van der Waals surface area contributed by atoms with Crippen LogP contribution in [0, 0.1) is 0 Å². The fraction of sp³-hybridized carbons (Fsp3) is 0.0357. The molecule has 0 spiro atoms. The van der Waals surface area contributed by atoms with Gasteiger partial charge in [-0.25, -0.2) is 0 Å². The molecule has 1 N–H and O–H groups in total. The third kappa shape index (κ3) is 3.16. The number of Topliss-reactive ketones (excluding diaryl/α,β-unsaturated/α-hetero) is 2. The van der Waals surface area contributed by atoms with Crippen LogP contribution in [0.3, 0.4) is 0 Å². The van der Waals surface area contributed by atoms with Crippen molar-refractivity contribution in [2.24, 2.45) is 0 Å². The minimum atomic E-state index is -1.38. The zero-order valence-corrected chi connectivity index (χ0v) is 18.8. The molecule has 0 radical (unpaired) electrons. The van der Waals surface area contributed by atoms with E-state index in [0.29, 0.717) is 16.9 Å². The van der Waals surface area contributed by atoms with Gasteiger partial charge in [-0.2, -0.15) is 0 Å². The van der Waals surface area contributed by atoms with E-state index in [9.17, 15) is 19.5 Å². The highest BCUT2D eigenvalue weighted by Crippen LogP contribution is 2.45. The minimum absolute atomic E-state index is 0.0974. The van der Waals surface area contributed by atoms with Crippen LogP contribution < -0.4 is 9.80 Å². The van der Waals surface area contributed by atoms with E-state index in [1.54, 1.807) is 84.9 Å². The molecule has 2 aliphatic heterocycles. The summed E-state index contributed by atoms with van der Waals surface area (Å²) < 4.78 is 0. The Balaban J connectivity index is 1.62. The van der Waals surface area contributed by atoms with Crippen LogP contribution in [0.4, 0.5) is 11.4 Å². The molecule has 0 saturated carbocycles. The summed E-state index contributed by atoms with van der Waals surface area (Å²) in [6.07, 6.45) is 1.63. The third-order valence-electron chi connectivity index (χ3n) is 6.20. The second-order valence-corrected chi connectivity index (χ2v) is 8.24. The van der Waals surface area contributed by atoms with Crippen LogP contribution in [0.25, 0.3) is 0 Å². The molecule has 2 aliphatic rings. The predicted molar refractivity (Wildman–Crippen MR) is 131 cm³/mol. The van der Waals surface area contributed by atoms with Gasteiger partial charge >= 0.3 is 0 Å². The Morgan fingerprint density at radius 3 is 1.94 bits per heavy atom. The van der Waals surface area contributed by atoms with Gasteiger partial charge in [0.25, 0.3) is 5.91 Å². The number of aliphatic hydroxyl groups excluding tert-OH is 1. The zero-order valence-electron chi connectivity index (χ0n) is 18.8. The maximum Gasteiger partial charge on any atom is 0.281 e. The number of allylic oxidation sites excluding steroid dienone is 2. The fourth-order valence-corrected chi connectivity index (χ4v) is 4.61. The molecule has 0 fully saturated rings. The summed E-state index contributed by atoms with van der Waals surface area (Å²) in [7, 11) is 0. The molecule has 0 saturated heterocycles. The molecule has 4 aromatic rings. The summed E-state index contributed by atoms with van der Waals surface area (Å²) in [6, 6.07) is 23.4. The molecule has 4 heterocycles. The lowest BCUT2D eigenvalue weighted by atomic mass is 10.1. The van der Waals surface area contributed by atoms with Crippen molar-refractivity contribution in [1.82, 2.24) is 9.97 Å². The first-order valence-electron chi connectivity index (χ1n) is 11.2. The first kappa shape index (κ1) is 21.6. The van der Waals surface area contributed by atoms with Gasteiger partial charge in [-0.3, -0.25) is 29.3 Å². The van der Waals surface area contributed by atoms with E-state index in [1.807, 2.05) is 0 Å². The Morgan fingerprint density at radius 2 is 1.28 bits per heavy atom. The maximum atomic E-state index is 13.8. The molecule has 174 valence electrons. The number of anilines is 2. The number of hydrogen-bond donors (Lipinski definition) is 1. The van der Waals surface area contributed by atoms with Crippen molar-refractivity contribution in [2.45, 2.75) is 6.23 Å². The first-order valence-corrected chi connectivity index (χ1v) is 11.2. The second-order valence-electron chi connectivity index (χ2n) is 8.24. The monoisotopic (exact) mass is 474 g/mol. The molecule has 1 atom stereocenters. The number of carbonyl (C=O) groups is 3. The summed E-state index contributed by atoms with van der Waals surface area (Å²) in [5.74, 6) is -1.53. The Labute approximate surface area is 205 Å². The number of aromatic nitrogens is 2. The fourth-order valence-electron chi connectivity index (χ4n) is 4.61. The van der Waals surface area contributed by atoms with Crippen LogP contribution in [-0.4, -0.2) is 32.5 Å². The van der Waals surface area contributed by atoms with Crippen LogP contribution in [-0.2, 0) is 0 Å². The number of aliphatic hydroxyl groups is 1. The van der Waals surface area contributed by atoms with E-state index in [2.05, 4.69) is 9.97 Å². The molecule has 6 rings (SSSR count). The lowest BCUT2D eigenvalue weighted by molar-refractivity contribution is 0.0961. The molecule has 1 unspecified atom stereocenters. The van der Waals surface area contributed by atoms with Gasteiger partial charge < -0.3 is 10.0 Å². The van der Waals surface area contributed by atoms with Gasteiger partial charge in [0, 0.05) is 23.5 Å². The van der Waals surface area contributed by atoms with E-state index in [0.717, 1.165) is 0 Å². The van der Waals surface area contributed by atoms with Crippen molar-refractivity contribution in [1.29, 1.82) is 0 Å². The van der Waals surface area contributed by atoms with E-state index < -0.39 is 23.7 Å². The minimum Gasteiger partial charge on any atom is -0.368 e. The Hall–Kier alpha value is -4.95. The summed E-state index contributed by atoms with van der Waals surface area (Å²) in [5.41, 5.74) is 1.51. The topological polar surface area (TPSA) is 104 Å². The molecule has 2 aromatic heterocycles. The third-order valence-corrected chi connectivity index (χ3v) is 6.20. The number of nitrogens with zero attached hydrogens (tertiary/aromatic N) is 4. The van der Waals surface area contributed by atoms with Crippen LogP contribution in [0.5, 0.6) is 0 Å². The van der Waals surface area contributed by atoms with Crippen LogP contribution in [0.1, 0.15) is 43.1 Å². The van der Waals surface area contributed by atoms with Gasteiger partial charge in [-0.05, 0) is 48.5 Å². The largest absolute Gasteiger partial charge is 0.368 e. The number of hydrogen-bond acceptors (Lipinski definition) is 7. The lowest BCUT2D eigenvalue weighted by Crippen LogP contribution is -2.36. The Kier molecular flexibility index (Phi) is 5.01. The highest BCUT2D eigenvalue weighted by atomic mass is 16.3. The van der Waals surface area contributed by atoms with Gasteiger partial charge in [-0.15, -0.1) is 0 Å². The maximum absolute atomic E-state index is 13.8. The number of para-hydroxylation sites is 2. The molecular weight excluding hydrogens is 456 g/mol. The van der Waals surface area contributed by atoms with Crippen molar-refractivity contribution in [2.75, 3.05) is 9.80 Å². The number of rotatable bonds is 3. The average molecular weight is 474 g/mol. The molecule has 1 amide bonds. The van der Waals surface area contributed by atoms with Crippen molar-refractivity contribution in [3.05, 3.63) is 131 Å². The number of benzene rings is 2. The summed E-state index contributed by atoms with van der Waals surface area (Å²) in [6.45, 7) is 0. The van der Waals surface area contributed by atoms with Gasteiger partial charge in [0.05, 0.1) is 17.1 Å². The summed E-state index contributed by atoms with van der Waals surface area (Å²) in [5, 5.41) is 11.4. The zero-order chi connectivity index (χ0) is 24.8. The van der Waals surface area contributed by atoms with E-state index >= 15 is 0 Å². The number of pyridine rings is 2. The number of amides is 1. The molecular formula is C28H18N4O4. The van der Waals surface area contributed by atoms with E-state index in [1.165, 1.54) is 22.2 Å². The van der Waals surface area contributed by atoms with Crippen LogP contribution >= 0.6 is 0 Å². The quantitative estimate of drug-likeness (QED) is 0.449. The molecule has 2 aromatic carbocycles. The molecule has 8 nitrogen and oxygen atoms in total. The Morgan fingerprint density at radius 1 is 0.694 bits per heavy atom. The highest BCUT2D eigenvalue weighted by Gasteiger charge is 2.47. The van der Waals surface area contributed by atoms with Gasteiger partial charge in [0.1, 0.15) is 17.1 Å². The summed E-state index contributed by atoms with van der Waals surface area (Å²) >= 11 is 0. The van der Waals surface area contributed by atoms with Crippen molar-refractivity contribution < 1.29 is 19.5 Å². The average Bonchev–Trinajstić information content (AvgIpc) is 3.39. The first-order chi connectivity index (χ1) is 17.6. The second kappa shape index (κ2) is 8.37. The Bertz CT molecular complexity index is 1570. The van der Waals surface area contributed by atoms with Crippen LogP contribution in [0.2, 0.25) is 0 Å². The van der Waals surface area contributed by atoms with Crippen molar-refractivity contribution in [3.63, 3.8) is 0 Å².